The summed E-state index contributed by atoms with van der Waals surface area (Å²) >= 11 is 0. The van der Waals surface area contributed by atoms with Crippen molar-refractivity contribution in [1.82, 2.24) is 0 Å². The molecule has 0 radical (unpaired) electrons. The fourth-order valence-corrected chi connectivity index (χ4v) is 2.90. The van der Waals surface area contributed by atoms with Gasteiger partial charge in [-0.1, -0.05) is 0 Å². The van der Waals surface area contributed by atoms with Crippen LogP contribution < -0.4 is 4.74 Å². The minimum atomic E-state index is -0.812. The van der Waals surface area contributed by atoms with Crippen molar-refractivity contribution in [2.75, 3.05) is 0 Å². The van der Waals surface area contributed by atoms with Crippen molar-refractivity contribution in [2.24, 2.45) is 0 Å². The van der Waals surface area contributed by atoms with Crippen molar-refractivity contribution in [3.63, 3.8) is 0 Å². The summed E-state index contributed by atoms with van der Waals surface area (Å²) in [5.74, 6) is -0.492. The molecule has 4 rings (SSSR count). The monoisotopic (exact) mass is 300 g/mol. The molecule has 0 amide bonds. The minimum absolute atomic E-state index is 0.00416. The molecule has 0 bridgehead atoms. The average Bonchev–Trinajstić information content (AvgIpc) is 2.48. The van der Waals surface area contributed by atoms with E-state index in [2.05, 4.69) is 0 Å². The zero-order valence-corrected chi connectivity index (χ0v) is 11.3. The van der Waals surface area contributed by atoms with Crippen molar-refractivity contribution in [2.45, 2.75) is 18.8 Å². The summed E-state index contributed by atoms with van der Waals surface area (Å²) in [5, 5.41) is 28.8. The second-order valence-corrected chi connectivity index (χ2v) is 5.35. The number of ether oxygens (including phenoxy) is 2. The molecule has 0 unspecified atom stereocenters. The lowest BCUT2D eigenvalue weighted by Crippen LogP contribution is -2.41. The Hall–Kier alpha value is -2.73. The third-order valence-corrected chi connectivity index (χ3v) is 3.98. The van der Waals surface area contributed by atoms with Crippen LogP contribution in [0.2, 0.25) is 0 Å². The largest absolute Gasteiger partial charge is 0.508 e. The molecule has 3 N–H and O–H groups in total. The van der Waals surface area contributed by atoms with Gasteiger partial charge in [0.25, 0.3) is 0 Å². The second-order valence-electron chi connectivity index (χ2n) is 5.35. The van der Waals surface area contributed by atoms with Gasteiger partial charge >= 0.3 is 0 Å². The Labute approximate surface area is 125 Å². The van der Waals surface area contributed by atoms with E-state index < -0.39 is 12.2 Å². The van der Waals surface area contributed by atoms with Gasteiger partial charge in [-0.05, 0) is 29.8 Å². The van der Waals surface area contributed by atoms with Crippen LogP contribution in [0.25, 0.3) is 0 Å². The third kappa shape index (κ3) is 1.74. The van der Waals surface area contributed by atoms with Crippen LogP contribution in [0.15, 0.2) is 30.3 Å². The number of aromatic hydroxyl groups is 3. The molecule has 0 spiro atoms. The molecule has 6 heteroatoms. The maximum absolute atomic E-state index is 12.5. The normalized spacial score (nSPS) is 22.3. The Morgan fingerprint density at radius 1 is 1.00 bits per heavy atom. The summed E-state index contributed by atoms with van der Waals surface area (Å²) in [6.07, 6.45) is -1.54. The lowest BCUT2D eigenvalue weighted by atomic mass is 9.88. The number of phenols is 3. The zero-order chi connectivity index (χ0) is 15.4. The van der Waals surface area contributed by atoms with E-state index in [1.54, 1.807) is 0 Å². The van der Waals surface area contributed by atoms with Crippen molar-refractivity contribution in [3.05, 3.63) is 47.0 Å². The molecule has 6 nitrogen and oxygen atoms in total. The van der Waals surface area contributed by atoms with Gasteiger partial charge in [0.1, 0.15) is 11.5 Å². The summed E-state index contributed by atoms with van der Waals surface area (Å²) < 4.78 is 11.4. The average molecular weight is 300 g/mol. The van der Waals surface area contributed by atoms with E-state index in [4.69, 9.17) is 9.47 Å². The highest BCUT2D eigenvalue weighted by molar-refractivity contribution is 6.03. The number of ketones is 1. The Balaban J connectivity index is 1.85. The molecule has 0 aliphatic carbocycles. The maximum Gasteiger partial charge on any atom is 0.199 e. The van der Waals surface area contributed by atoms with Crippen molar-refractivity contribution < 1.29 is 29.6 Å². The number of hydrogen-bond donors (Lipinski definition) is 3. The Morgan fingerprint density at radius 3 is 2.59 bits per heavy atom. The smallest absolute Gasteiger partial charge is 0.199 e. The summed E-state index contributed by atoms with van der Waals surface area (Å²) in [4.78, 5) is 12.5. The summed E-state index contributed by atoms with van der Waals surface area (Å²) in [5.41, 5.74) is 1.59. The van der Waals surface area contributed by atoms with Gasteiger partial charge < -0.3 is 24.8 Å². The van der Waals surface area contributed by atoms with Gasteiger partial charge in [0.05, 0.1) is 12.2 Å². The molecular weight excluding hydrogens is 288 g/mol. The number of benzene rings is 2. The molecular formula is C16H12O6. The van der Waals surface area contributed by atoms with Gasteiger partial charge in [0.15, 0.2) is 29.5 Å². The molecule has 0 fully saturated rings. The van der Waals surface area contributed by atoms with Crippen LogP contribution in [0.4, 0.5) is 0 Å². The molecule has 0 saturated carbocycles. The third-order valence-electron chi connectivity index (χ3n) is 3.98. The molecule has 2 aromatic carbocycles. The summed E-state index contributed by atoms with van der Waals surface area (Å²) in [7, 11) is 0. The first kappa shape index (κ1) is 13.0. The molecule has 2 aliphatic rings. The van der Waals surface area contributed by atoms with Crippen LogP contribution in [0.3, 0.4) is 0 Å². The lowest BCUT2D eigenvalue weighted by molar-refractivity contribution is -0.0424. The van der Waals surface area contributed by atoms with Crippen molar-refractivity contribution in [1.29, 1.82) is 0 Å². The van der Waals surface area contributed by atoms with Crippen molar-refractivity contribution in [3.8, 4) is 23.0 Å². The number of hydrogen-bond acceptors (Lipinski definition) is 6. The van der Waals surface area contributed by atoms with Crippen LogP contribution >= 0.6 is 0 Å². The number of Topliss-reactive ketones (excluding diaryl/α,β-unsaturated/α-hetero) is 1. The number of phenolic OH excluding ortho intramolecular Hbond substituents is 3. The van der Waals surface area contributed by atoms with Gasteiger partial charge in [-0.3, -0.25) is 4.79 Å². The fraction of sp³-hybridized carbons (Fsp3) is 0.188. The van der Waals surface area contributed by atoms with Crippen LogP contribution in [-0.2, 0) is 11.3 Å². The van der Waals surface area contributed by atoms with Gasteiger partial charge in [0, 0.05) is 11.6 Å². The number of fused-ring (bicyclic) bond motifs is 4. The minimum Gasteiger partial charge on any atom is -0.508 e. The SMILES string of the molecule is O=C1c2ccc(O)cc2O[C@@H]2c3cc(O)c(O)cc3CO[C@@H]12. The number of rotatable bonds is 0. The quantitative estimate of drug-likeness (QED) is 0.644. The first-order chi connectivity index (χ1) is 10.5. The summed E-state index contributed by atoms with van der Waals surface area (Å²) in [6.45, 7) is 0.146. The molecule has 112 valence electrons. The maximum atomic E-state index is 12.5. The van der Waals surface area contributed by atoms with Crippen LogP contribution in [0.5, 0.6) is 23.0 Å². The van der Waals surface area contributed by atoms with E-state index in [1.165, 1.54) is 30.3 Å². The van der Waals surface area contributed by atoms with E-state index in [0.29, 0.717) is 16.7 Å². The molecule has 2 aliphatic heterocycles. The molecule has 0 saturated heterocycles. The zero-order valence-electron chi connectivity index (χ0n) is 11.3. The predicted octanol–water partition coefficient (Wildman–Crippen LogP) is 2.02. The number of carbonyl (C=O) groups excluding carboxylic acids is 1. The Kier molecular flexibility index (Phi) is 2.58. The van der Waals surface area contributed by atoms with Crippen LogP contribution in [0, 0.1) is 0 Å². The Morgan fingerprint density at radius 2 is 1.77 bits per heavy atom. The van der Waals surface area contributed by atoms with E-state index in [9.17, 15) is 20.1 Å². The molecule has 2 aromatic rings. The van der Waals surface area contributed by atoms with Gasteiger partial charge in [0.2, 0.25) is 0 Å². The highest BCUT2D eigenvalue weighted by Crippen LogP contribution is 2.44. The molecule has 2 atom stereocenters. The van der Waals surface area contributed by atoms with Crippen LogP contribution in [0.1, 0.15) is 27.6 Å². The van der Waals surface area contributed by atoms with E-state index >= 15 is 0 Å². The molecule has 22 heavy (non-hydrogen) atoms. The number of carbonyl (C=O) groups is 1. The molecule has 0 aromatic heterocycles. The van der Waals surface area contributed by atoms with Crippen LogP contribution in [-0.4, -0.2) is 27.2 Å². The standard InChI is InChI=1S/C16H12O6/c17-8-1-2-9-13(4-8)22-15-10-5-12(19)11(18)3-7(10)6-21-16(15)14(9)20/h1-5,15-19H,6H2/t15-,16+/m1/s1. The second kappa shape index (κ2) is 4.38. The first-order valence-electron chi connectivity index (χ1n) is 6.75. The highest BCUT2D eigenvalue weighted by atomic mass is 16.6. The lowest BCUT2D eigenvalue weighted by Gasteiger charge is -2.37. The molecule has 2 heterocycles. The van der Waals surface area contributed by atoms with E-state index in [1.807, 2.05) is 0 Å². The topological polar surface area (TPSA) is 96.2 Å². The first-order valence-corrected chi connectivity index (χ1v) is 6.75. The highest BCUT2D eigenvalue weighted by Gasteiger charge is 2.43. The predicted molar refractivity (Wildman–Crippen MR) is 74.2 cm³/mol. The van der Waals surface area contributed by atoms with Gasteiger partial charge in [-0.2, -0.15) is 0 Å². The summed E-state index contributed by atoms with van der Waals surface area (Å²) in [6, 6.07) is 7.06. The van der Waals surface area contributed by atoms with Crippen molar-refractivity contribution >= 4 is 5.78 Å². The fourth-order valence-electron chi connectivity index (χ4n) is 2.90. The van der Waals surface area contributed by atoms with E-state index in [-0.39, 0.29) is 35.4 Å². The van der Waals surface area contributed by atoms with E-state index in [0.717, 1.165) is 0 Å². The van der Waals surface area contributed by atoms with Gasteiger partial charge in [-0.15, -0.1) is 0 Å². The van der Waals surface area contributed by atoms with Gasteiger partial charge in [-0.25, -0.2) is 0 Å². The Bertz CT molecular complexity index is 797.